The van der Waals surface area contributed by atoms with E-state index in [-0.39, 0.29) is 18.2 Å². The third kappa shape index (κ3) is 5.10. The Hall–Kier alpha value is -2.42. The van der Waals surface area contributed by atoms with Crippen LogP contribution in [0.25, 0.3) is 0 Å². The zero-order valence-electron chi connectivity index (χ0n) is 20.5. The highest BCUT2D eigenvalue weighted by atomic mass is 32.2. The molecule has 2 aromatic rings. The van der Waals surface area contributed by atoms with Gasteiger partial charge in [-0.2, -0.15) is 4.31 Å². The maximum Gasteiger partial charge on any atom is 0.243 e. The quantitative estimate of drug-likeness (QED) is 0.568. The van der Waals surface area contributed by atoms with Crippen molar-refractivity contribution in [2.45, 2.75) is 62.7 Å². The fourth-order valence-corrected chi connectivity index (χ4v) is 6.94. The Morgan fingerprint density at radius 2 is 1.69 bits per heavy atom. The molecule has 5 rings (SSSR count). The first-order chi connectivity index (χ1) is 17.0. The molecule has 2 heterocycles. The van der Waals surface area contributed by atoms with Crippen LogP contribution in [0, 0.1) is 11.8 Å². The molecule has 1 N–H and O–H groups in total. The Morgan fingerprint density at radius 3 is 2.37 bits per heavy atom. The first kappa shape index (κ1) is 24.3. The lowest BCUT2D eigenvalue weighted by molar-refractivity contribution is -0.00497. The van der Waals surface area contributed by atoms with Gasteiger partial charge in [-0.15, -0.1) is 0 Å². The average molecular weight is 498 g/mol. The van der Waals surface area contributed by atoms with E-state index < -0.39 is 10.0 Å². The first-order valence-electron chi connectivity index (χ1n) is 12.7. The summed E-state index contributed by atoms with van der Waals surface area (Å²) in [5.41, 5.74) is 2.16. The van der Waals surface area contributed by atoms with Gasteiger partial charge in [0.1, 0.15) is 11.6 Å². The number of amidine groups is 1. The second-order valence-corrected chi connectivity index (χ2v) is 11.8. The Balaban J connectivity index is 1.26. The van der Waals surface area contributed by atoms with Crippen LogP contribution in [-0.4, -0.2) is 44.9 Å². The van der Waals surface area contributed by atoms with Gasteiger partial charge >= 0.3 is 0 Å². The highest BCUT2D eigenvalue weighted by molar-refractivity contribution is 7.89. The smallest absolute Gasteiger partial charge is 0.243 e. The molecule has 3 aliphatic rings. The summed E-state index contributed by atoms with van der Waals surface area (Å²) in [6, 6.07) is 14.9. The average Bonchev–Trinajstić information content (AvgIpc) is 3.41. The first-order valence-corrected chi connectivity index (χ1v) is 14.1. The molecule has 0 amide bonds. The largest absolute Gasteiger partial charge is 0.497 e. The van der Waals surface area contributed by atoms with Crippen molar-refractivity contribution in [2.75, 3.05) is 25.5 Å². The van der Waals surface area contributed by atoms with Gasteiger partial charge in [0, 0.05) is 30.3 Å². The Bertz CT molecular complexity index is 1150. The number of fused-ring (bicyclic) bond motifs is 1. The van der Waals surface area contributed by atoms with Crippen LogP contribution >= 0.6 is 0 Å². The molecule has 2 atom stereocenters. The van der Waals surface area contributed by atoms with Crippen LogP contribution in [0.3, 0.4) is 0 Å². The summed E-state index contributed by atoms with van der Waals surface area (Å²) < 4.78 is 39.5. The summed E-state index contributed by atoms with van der Waals surface area (Å²) >= 11 is 0. The van der Waals surface area contributed by atoms with Gasteiger partial charge in [-0.3, -0.25) is 0 Å². The van der Waals surface area contributed by atoms with Crippen LogP contribution in [0.2, 0.25) is 0 Å². The Morgan fingerprint density at radius 1 is 1.00 bits per heavy atom. The number of hydrogen-bond donors (Lipinski definition) is 1. The number of piperidine rings is 1. The molecular weight excluding hydrogens is 462 g/mol. The Kier molecular flexibility index (Phi) is 7.14. The van der Waals surface area contributed by atoms with Crippen LogP contribution in [0.4, 0.5) is 5.69 Å². The number of sulfonamides is 1. The van der Waals surface area contributed by atoms with Gasteiger partial charge < -0.3 is 14.8 Å². The van der Waals surface area contributed by atoms with Crippen molar-refractivity contribution >= 4 is 21.5 Å². The number of nitrogens with zero attached hydrogens (tertiary/aromatic N) is 2. The maximum atomic E-state index is 13.1. The summed E-state index contributed by atoms with van der Waals surface area (Å²) in [6.07, 6.45) is 6.26. The molecule has 0 spiro atoms. The van der Waals surface area contributed by atoms with Crippen molar-refractivity contribution in [1.82, 2.24) is 4.31 Å². The topological polar surface area (TPSA) is 80.2 Å². The molecule has 2 fully saturated rings. The van der Waals surface area contributed by atoms with E-state index in [9.17, 15) is 8.42 Å². The molecule has 0 radical (unpaired) electrons. The van der Waals surface area contributed by atoms with Gasteiger partial charge in [0.2, 0.25) is 10.0 Å². The number of ether oxygens (including phenoxy) is 2. The molecule has 8 heteroatoms. The van der Waals surface area contributed by atoms with Crippen molar-refractivity contribution in [1.29, 1.82) is 0 Å². The minimum absolute atomic E-state index is 0.184. The van der Waals surface area contributed by atoms with Gasteiger partial charge in [-0.05, 0) is 61.9 Å². The molecule has 2 unspecified atom stereocenters. The van der Waals surface area contributed by atoms with Gasteiger partial charge in [0.15, 0.2) is 6.23 Å². The predicted octanol–water partition coefficient (Wildman–Crippen LogP) is 5.21. The third-order valence-electron chi connectivity index (χ3n) is 7.70. The molecule has 1 aliphatic carbocycles. The third-order valence-corrected chi connectivity index (χ3v) is 9.62. The minimum Gasteiger partial charge on any atom is -0.497 e. The SMILES string of the molecule is COc1ccc(S(=O)(=O)N2CCC(C(C)C3=NC(OC4CCCC4)c4ccccc4N3)CC2)cc1. The molecule has 0 bridgehead atoms. The lowest BCUT2D eigenvalue weighted by Crippen LogP contribution is -2.42. The van der Waals surface area contributed by atoms with Crippen molar-refractivity contribution in [3.05, 3.63) is 54.1 Å². The zero-order valence-corrected chi connectivity index (χ0v) is 21.3. The second-order valence-electron chi connectivity index (χ2n) is 9.83. The zero-order chi connectivity index (χ0) is 24.4. The number of rotatable bonds is 7. The fourth-order valence-electron chi connectivity index (χ4n) is 5.47. The monoisotopic (exact) mass is 497 g/mol. The second kappa shape index (κ2) is 10.3. The summed E-state index contributed by atoms with van der Waals surface area (Å²) in [4.78, 5) is 5.34. The van der Waals surface area contributed by atoms with Crippen LogP contribution in [-0.2, 0) is 14.8 Å². The van der Waals surface area contributed by atoms with Gasteiger partial charge in [0.05, 0.1) is 18.1 Å². The predicted molar refractivity (Wildman–Crippen MR) is 137 cm³/mol. The van der Waals surface area contributed by atoms with Gasteiger partial charge in [0.25, 0.3) is 0 Å². The van der Waals surface area contributed by atoms with E-state index in [1.165, 1.54) is 12.8 Å². The van der Waals surface area contributed by atoms with Crippen LogP contribution in [0.1, 0.15) is 57.2 Å². The molecule has 35 heavy (non-hydrogen) atoms. The highest BCUT2D eigenvalue weighted by Crippen LogP contribution is 2.38. The summed E-state index contributed by atoms with van der Waals surface area (Å²) in [6.45, 7) is 3.22. The lowest BCUT2D eigenvalue weighted by Gasteiger charge is -2.36. The normalized spacial score (nSPS) is 22.8. The lowest BCUT2D eigenvalue weighted by atomic mass is 9.84. The van der Waals surface area contributed by atoms with E-state index in [0.717, 1.165) is 42.8 Å². The molecular formula is C27H35N3O4S. The molecule has 0 aromatic heterocycles. The Labute approximate surface area is 208 Å². The van der Waals surface area contributed by atoms with Crippen LogP contribution < -0.4 is 10.1 Å². The van der Waals surface area contributed by atoms with E-state index in [2.05, 4.69) is 24.4 Å². The standard InChI is InChI=1S/C27H35N3O4S/c1-19(20-15-17-30(18-16-20)35(31,32)23-13-11-21(33-2)12-14-23)26-28-25-10-6-5-9-24(25)27(29-26)34-22-7-3-4-8-22/h5-6,9-14,19-20,22,27H,3-4,7-8,15-18H2,1-2H3,(H,28,29). The number of nitrogens with one attached hydrogen (secondary N) is 1. The van der Waals surface area contributed by atoms with Crippen LogP contribution in [0.15, 0.2) is 58.4 Å². The van der Waals surface area contributed by atoms with Crippen molar-refractivity contribution < 1.29 is 17.9 Å². The number of para-hydroxylation sites is 1. The molecule has 188 valence electrons. The molecule has 1 saturated carbocycles. The van der Waals surface area contributed by atoms with Crippen LogP contribution in [0.5, 0.6) is 5.75 Å². The molecule has 1 saturated heterocycles. The summed E-state index contributed by atoms with van der Waals surface area (Å²) in [7, 11) is -1.94. The number of benzene rings is 2. The van der Waals surface area contributed by atoms with Gasteiger partial charge in [-0.1, -0.05) is 38.0 Å². The highest BCUT2D eigenvalue weighted by Gasteiger charge is 2.35. The number of aliphatic imine (C=N–C) groups is 1. The fraction of sp³-hybridized carbons (Fsp3) is 0.519. The van der Waals surface area contributed by atoms with E-state index in [4.69, 9.17) is 14.5 Å². The van der Waals surface area contributed by atoms with Gasteiger partial charge in [-0.25, -0.2) is 13.4 Å². The number of methoxy groups -OCH3 is 1. The van der Waals surface area contributed by atoms with E-state index in [1.807, 2.05) is 12.1 Å². The van der Waals surface area contributed by atoms with Crippen molar-refractivity contribution in [3.63, 3.8) is 0 Å². The number of anilines is 1. The summed E-state index contributed by atoms with van der Waals surface area (Å²) in [5, 5.41) is 3.55. The van der Waals surface area contributed by atoms with Crippen molar-refractivity contribution in [3.8, 4) is 5.75 Å². The molecule has 2 aliphatic heterocycles. The maximum absolute atomic E-state index is 13.1. The van der Waals surface area contributed by atoms with E-state index in [0.29, 0.717) is 29.7 Å². The summed E-state index contributed by atoms with van der Waals surface area (Å²) in [5.74, 6) is 2.13. The van der Waals surface area contributed by atoms with E-state index >= 15 is 0 Å². The minimum atomic E-state index is -3.51. The molecule has 7 nitrogen and oxygen atoms in total. The van der Waals surface area contributed by atoms with Crippen molar-refractivity contribution in [2.24, 2.45) is 16.8 Å². The van der Waals surface area contributed by atoms with E-state index in [1.54, 1.807) is 35.7 Å². The number of hydrogen-bond acceptors (Lipinski definition) is 6. The molecule has 2 aromatic carbocycles.